The summed E-state index contributed by atoms with van der Waals surface area (Å²) in [6.45, 7) is 8.79. The topological polar surface area (TPSA) is 28.2 Å². The largest absolute Gasteiger partial charge is 0.364 e. The van der Waals surface area contributed by atoms with Crippen molar-refractivity contribution in [1.82, 2.24) is 10.3 Å². The summed E-state index contributed by atoms with van der Waals surface area (Å²) in [7, 11) is 0. The summed E-state index contributed by atoms with van der Waals surface area (Å²) in [5, 5.41) is 5.39. The van der Waals surface area contributed by atoms with Crippen LogP contribution in [-0.4, -0.2) is 30.2 Å². The van der Waals surface area contributed by atoms with Gasteiger partial charge in [0.2, 0.25) is 0 Å². The fourth-order valence-electron chi connectivity index (χ4n) is 3.15. The molecular weight excluding hydrogens is 282 g/mol. The van der Waals surface area contributed by atoms with Crippen LogP contribution in [0.4, 0.5) is 5.69 Å². The van der Waals surface area contributed by atoms with Crippen molar-refractivity contribution in [2.45, 2.75) is 32.9 Å². The van der Waals surface area contributed by atoms with E-state index in [4.69, 9.17) is 11.6 Å². The maximum Gasteiger partial charge on any atom is 0.0950 e. The smallest absolute Gasteiger partial charge is 0.0950 e. The summed E-state index contributed by atoms with van der Waals surface area (Å²) in [5.41, 5.74) is 2.20. The van der Waals surface area contributed by atoms with E-state index in [2.05, 4.69) is 42.0 Å². The molecule has 1 saturated heterocycles. The number of halogens is 1. The third-order valence-electron chi connectivity index (χ3n) is 4.32. The second-order valence-electron chi connectivity index (χ2n) is 6.24. The van der Waals surface area contributed by atoms with E-state index in [1.807, 2.05) is 24.4 Å². The van der Waals surface area contributed by atoms with Crippen molar-refractivity contribution in [2.75, 3.05) is 18.0 Å². The normalized spacial score (nSPS) is 23.0. The number of fused-ring (bicyclic) bond motifs is 1. The average Bonchev–Trinajstić information content (AvgIpc) is 2.47. The molecule has 21 heavy (non-hydrogen) atoms. The van der Waals surface area contributed by atoms with Crippen LogP contribution in [0.3, 0.4) is 0 Å². The molecule has 112 valence electrons. The van der Waals surface area contributed by atoms with Crippen LogP contribution in [0, 0.1) is 5.92 Å². The minimum atomic E-state index is 0.479. The highest BCUT2D eigenvalue weighted by Gasteiger charge is 2.29. The van der Waals surface area contributed by atoms with Gasteiger partial charge >= 0.3 is 0 Å². The molecule has 1 N–H and O–H groups in total. The molecule has 0 radical (unpaired) electrons. The van der Waals surface area contributed by atoms with Crippen LogP contribution in [0.25, 0.3) is 10.9 Å². The third kappa shape index (κ3) is 2.72. The fourth-order valence-corrected chi connectivity index (χ4v) is 3.37. The minimum Gasteiger partial charge on any atom is -0.364 e. The Balaban J connectivity index is 2.11. The van der Waals surface area contributed by atoms with Crippen LogP contribution in [0.5, 0.6) is 0 Å². The van der Waals surface area contributed by atoms with E-state index in [-0.39, 0.29) is 0 Å². The van der Waals surface area contributed by atoms with Crippen LogP contribution in [-0.2, 0) is 0 Å². The van der Waals surface area contributed by atoms with Gasteiger partial charge in [0.25, 0.3) is 0 Å². The maximum absolute atomic E-state index is 6.32. The number of nitrogens with zero attached hydrogens (tertiary/aromatic N) is 2. The van der Waals surface area contributed by atoms with Gasteiger partial charge in [0.15, 0.2) is 0 Å². The van der Waals surface area contributed by atoms with Crippen LogP contribution >= 0.6 is 11.6 Å². The molecule has 0 spiro atoms. The predicted octanol–water partition coefficient (Wildman–Crippen LogP) is 3.71. The summed E-state index contributed by atoms with van der Waals surface area (Å²) in [4.78, 5) is 7.09. The monoisotopic (exact) mass is 303 g/mol. The Kier molecular flexibility index (Phi) is 4.05. The number of benzene rings is 1. The SMILES string of the molecule is CC1CN(c2ccc(Cl)c3cccnc23)C(C(C)C)CN1. The van der Waals surface area contributed by atoms with Gasteiger partial charge in [0.1, 0.15) is 0 Å². The highest BCUT2D eigenvalue weighted by atomic mass is 35.5. The molecule has 0 saturated carbocycles. The highest BCUT2D eigenvalue weighted by molar-refractivity contribution is 6.35. The van der Waals surface area contributed by atoms with Crippen molar-refractivity contribution < 1.29 is 0 Å². The molecule has 2 unspecified atom stereocenters. The first-order valence-electron chi connectivity index (χ1n) is 7.61. The van der Waals surface area contributed by atoms with Crippen molar-refractivity contribution in [3.05, 3.63) is 35.5 Å². The van der Waals surface area contributed by atoms with Crippen molar-refractivity contribution in [3.63, 3.8) is 0 Å². The zero-order chi connectivity index (χ0) is 15.0. The second kappa shape index (κ2) is 5.82. The molecule has 1 aromatic heterocycles. The van der Waals surface area contributed by atoms with Gasteiger partial charge in [0, 0.05) is 36.8 Å². The highest BCUT2D eigenvalue weighted by Crippen LogP contribution is 2.33. The van der Waals surface area contributed by atoms with Crippen LogP contribution in [0.15, 0.2) is 30.5 Å². The molecule has 0 amide bonds. The van der Waals surface area contributed by atoms with Crippen molar-refractivity contribution in [2.24, 2.45) is 5.92 Å². The van der Waals surface area contributed by atoms with Gasteiger partial charge in [-0.05, 0) is 37.1 Å². The van der Waals surface area contributed by atoms with Crippen LogP contribution in [0.2, 0.25) is 5.02 Å². The number of aromatic nitrogens is 1. The lowest BCUT2D eigenvalue weighted by Gasteiger charge is -2.43. The van der Waals surface area contributed by atoms with Gasteiger partial charge in [-0.25, -0.2) is 0 Å². The molecule has 1 aromatic carbocycles. The molecule has 2 aromatic rings. The fraction of sp³-hybridized carbons (Fsp3) is 0.471. The van der Waals surface area contributed by atoms with Crippen molar-refractivity contribution in [3.8, 4) is 0 Å². The Bertz CT molecular complexity index is 641. The zero-order valence-electron chi connectivity index (χ0n) is 12.8. The van der Waals surface area contributed by atoms with Crippen molar-refractivity contribution >= 4 is 28.2 Å². The minimum absolute atomic E-state index is 0.479. The first kappa shape index (κ1) is 14.6. The van der Waals surface area contributed by atoms with Gasteiger partial charge in [-0.1, -0.05) is 25.4 Å². The Morgan fingerprint density at radius 2 is 2.14 bits per heavy atom. The van der Waals surface area contributed by atoms with Gasteiger partial charge in [-0.15, -0.1) is 0 Å². The third-order valence-corrected chi connectivity index (χ3v) is 4.65. The molecule has 1 aliphatic rings. The summed E-state index contributed by atoms with van der Waals surface area (Å²) in [5.74, 6) is 0.583. The predicted molar refractivity (Wildman–Crippen MR) is 90.2 cm³/mol. The molecule has 1 aliphatic heterocycles. The zero-order valence-corrected chi connectivity index (χ0v) is 13.6. The molecule has 3 rings (SSSR count). The molecule has 2 heterocycles. The standard InChI is InChI=1S/C17H22ClN3/c1-11(2)16-9-20-12(3)10-21(16)15-7-6-14(18)13-5-4-8-19-17(13)15/h4-8,11-12,16,20H,9-10H2,1-3H3. The number of pyridine rings is 1. The Morgan fingerprint density at radius 3 is 2.90 bits per heavy atom. The lowest BCUT2D eigenvalue weighted by Crippen LogP contribution is -2.57. The van der Waals surface area contributed by atoms with Gasteiger partial charge < -0.3 is 10.2 Å². The van der Waals surface area contributed by atoms with E-state index >= 15 is 0 Å². The Hall–Kier alpha value is -1.32. The van der Waals surface area contributed by atoms with E-state index < -0.39 is 0 Å². The summed E-state index contributed by atoms with van der Waals surface area (Å²) in [6.07, 6.45) is 1.85. The summed E-state index contributed by atoms with van der Waals surface area (Å²) >= 11 is 6.32. The van der Waals surface area contributed by atoms with E-state index in [1.54, 1.807) is 0 Å². The number of rotatable bonds is 2. The van der Waals surface area contributed by atoms with E-state index in [1.165, 1.54) is 5.69 Å². The molecule has 4 heteroatoms. The quantitative estimate of drug-likeness (QED) is 0.916. The van der Waals surface area contributed by atoms with E-state index in [0.717, 1.165) is 29.0 Å². The van der Waals surface area contributed by atoms with Crippen LogP contribution < -0.4 is 10.2 Å². The van der Waals surface area contributed by atoms with E-state index in [9.17, 15) is 0 Å². The van der Waals surface area contributed by atoms with Gasteiger partial charge in [0.05, 0.1) is 16.2 Å². The lowest BCUT2D eigenvalue weighted by atomic mass is 9.97. The molecule has 1 fully saturated rings. The number of nitrogens with one attached hydrogen (secondary N) is 1. The number of piperazine rings is 1. The molecular formula is C17H22ClN3. The molecule has 0 bridgehead atoms. The van der Waals surface area contributed by atoms with Gasteiger partial charge in [-0.3, -0.25) is 4.98 Å². The van der Waals surface area contributed by atoms with Crippen LogP contribution in [0.1, 0.15) is 20.8 Å². The van der Waals surface area contributed by atoms with Crippen molar-refractivity contribution in [1.29, 1.82) is 0 Å². The molecule has 2 atom stereocenters. The molecule has 0 aliphatic carbocycles. The average molecular weight is 304 g/mol. The number of anilines is 1. The first-order chi connectivity index (χ1) is 10.1. The number of hydrogen-bond donors (Lipinski definition) is 1. The number of hydrogen-bond acceptors (Lipinski definition) is 3. The first-order valence-corrected chi connectivity index (χ1v) is 7.99. The summed E-state index contributed by atoms with van der Waals surface area (Å²) < 4.78 is 0. The second-order valence-corrected chi connectivity index (χ2v) is 6.65. The maximum atomic E-state index is 6.32. The Morgan fingerprint density at radius 1 is 1.33 bits per heavy atom. The Labute approximate surface area is 131 Å². The molecule has 3 nitrogen and oxygen atoms in total. The van der Waals surface area contributed by atoms with E-state index in [0.29, 0.717) is 18.0 Å². The lowest BCUT2D eigenvalue weighted by molar-refractivity contribution is 0.349. The van der Waals surface area contributed by atoms with Gasteiger partial charge in [-0.2, -0.15) is 0 Å². The summed E-state index contributed by atoms with van der Waals surface area (Å²) in [6, 6.07) is 9.06.